The summed E-state index contributed by atoms with van der Waals surface area (Å²) in [5.41, 5.74) is 16.6. The fourth-order valence-corrected chi connectivity index (χ4v) is 11.9. The fourth-order valence-electron chi connectivity index (χ4n) is 10.8. The van der Waals surface area contributed by atoms with E-state index in [2.05, 4.69) is 199 Å². The van der Waals surface area contributed by atoms with E-state index in [0.717, 1.165) is 33.1 Å². The summed E-state index contributed by atoms with van der Waals surface area (Å²) in [6, 6.07) is 67.5. The van der Waals surface area contributed by atoms with Gasteiger partial charge in [0.25, 0.3) is 0 Å². The van der Waals surface area contributed by atoms with E-state index in [0.29, 0.717) is 0 Å². The van der Waals surface area contributed by atoms with E-state index >= 15 is 0 Å². The highest BCUT2D eigenvalue weighted by Gasteiger charge is 2.36. The molecule has 14 rings (SSSR count). The Labute approximate surface area is 354 Å². The Bertz CT molecular complexity index is 4020. The Hall–Kier alpha value is -7.40. The van der Waals surface area contributed by atoms with Crippen LogP contribution in [0.15, 0.2) is 186 Å². The Kier molecular flexibility index (Phi) is 6.51. The number of para-hydroxylation sites is 2. The summed E-state index contributed by atoms with van der Waals surface area (Å²) in [6.07, 6.45) is 0. The van der Waals surface area contributed by atoms with Crippen LogP contribution in [0.1, 0.15) is 25.0 Å². The third-order valence-corrected chi connectivity index (χ3v) is 14.8. The summed E-state index contributed by atoms with van der Waals surface area (Å²) in [6.45, 7) is 4.74. The SMILES string of the molecule is CC1(C)c2ccccc2-c2cc3c4cc(-c5ccc6c(c5)c5cc7c(cc5n6-c5ccc6sc8ccccc8c6c5)oc5ccccc57)ccc4n(-c4ccccc4)c3cc21. The molecule has 0 saturated heterocycles. The smallest absolute Gasteiger partial charge is 0.137 e. The number of hydrogen-bond acceptors (Lipinski definition) is 2. The van der Waals surface area contributed by atoms with Gasteiger partial charge in [-0.1, -0.05) is 105 Å². The lowest BCUT2D eigenvalue weighted by atomic mass is 9.82. The summed E-state index contributed by atoms with van der Waals surface area (Å²) in [7, 11) is 0. The van der Waals surface area contributed by atoms with E-state index in [1.165, 1.54) is 97.3 Å². The molecule has 1 aliphatic rings. The standard InChI is InChI=1S/C57H36N2OS/c1-57(2)47-17-9-6-14-37(47)40-29-43-41-26-33(20-23-49(41)58(51(43)31-48(40)57)35-12-4-3-5-13-35)34-21-24-50-42(27-34)44-30-45-38-15-7-10-18-53(38)60-54(45)32-52(44)59(50)36-22-25-56-46(28-36)39-16-8-11-19-55(39)61-56/h3-32H,1-2H3. The van der Waals surface area contributed by atoms with Crippen LogP contribution in [-0.4, -0.2) is 9.13 Å². The number of benzene rings is 9. The van der Waals surface area contributed by atoms with Crippen molar-refractivity contribution >= 4 is 97.1 Å². The largest absolute Gasteiger partial charge is 0.456 e. The van der Waals surface area contributed by atoms with Crippen LogP contribution in [0.3, 0.4) is 0 Å². The van der Waals surface area contributed by atoms with Crippen LogP contribution in [-0.2, 0) is 5.41 Å². The molecule has 4 heteroatoms. The van der Waals surface area contributed by atoms with Crippen LogP contribution < -0.4 is 0 Å². The Morgan fingerprint density at radius 2 is 1.02 bits per heavy atom. The van der Waals surface area contributed by atoms with Crippen LogP contribution in [0, 0.1) is 0 Å². The van der Waals surface area contributed by atoms with Crippen LogP contribution in [0.2, 0.25) is 0 Å². The minimum absolute atomic E-state index is 0.0879. The van der Waals surface area contributed by atoms with Crippen molar-refractivity contribution in [1.29, 1.82) is 0 Å². The van der Waals surface area contributed by atoms with Gasteiger partial charge in [0.2, 0.25) is 0 Å². The minimum Gasteiger partial charge on any atom is -0.456 e. The molecule has 61 heavy (non-hydrogen) atoms. The lowest BCUT2D eigenvalue weighted by Gasteiger charge is -2.21. The number of aromatic nitrogens is 2. The Morgan fingerprint density at radius 3 is 1.84 bits per heavy atom. The summed E-state index contributed by atoms with van der Waals surface area (Å²) in [5.74, 6) is 0. The van der Waals surface area contributed by atoms with Crippen LogP contribution >= 0.6 is 11.3 Å². The number of furan rings is 1. The van der Waals surface area contributed by atoms with Crippen molar-refractivity contribution in [2.45, 2.75) is 19.3 Å². The Balaban J connectivity index is 1.02. The lowest BCUT2D eigenvalue weighted by molar-refractivity contribution is 0.661. The molecule has 0 saturated carbocycles. The molecule has 13 aromatic rings. The second-order valence-electron chi connectivity index (χ2n) is 17.3. The predicted molar refractivity (Wildman–Crippen MR) is 258 cm³/mol. The number of fused-ring (bicyclic) bond motifs is 15. The molecule has 0 fully saturated rings. The van der Waals surface area contributed by atoms with Gasteiger partial charge in [0, 0.05) is 75.3 Å². The van der Waals surface area contributed by atoms with Crippen LogP contribution in [0.25, 0.3) is 119 Å². The number of rotatable bonds is 3. The monoisotopic (exact) mass is 796 g/mol. The highest BCUT2D eigenvalue weighted by molar-refractivity contribution is 7.25. The van der Waals surface area contributed by atoms with Crippen molar-refractivity contribution in [3.05, 3.63) is 193 Å². The van der Waals surface area contributed by atoms with Gasteiger partial charge in [-0.25, -0.2) is 0 Å². The molecule has 0 atom stereocenters. The van der Waals surface area contributed by atoms with Gasteiger partial charge in [-0.15, -0.1) is 11.3 Å². The highest BCUT2D eigenvalue weighted by atomic mass is 32.1. The maximum atomic E-state index is 6.51. The van der Waals surface area contributed by atoms with E-state index in [4.69, 9.17) is 4.42 Å². The van der Waals surface area contributed by atoms with E-state index in [9.17, 15) is 0 Å². The van der Waals surface area contributed by atoms with Crippen molar-refractivity contribution in [3.63, 3.8) is 0 Å². The molecule has 0 spiro atoms. The van der Waals surface area contributed by atoms with Crippen LogP contribution in [0.4, 0.5) is 0 Å². The van der Waals surface area contributed by atoms with E-state index in [1.807, 2.05) is 17.4 Å². The molecule has 3 nitrogen and oxygen atoms in total. The molecule has 4 aromatic heterocycles. The molecule has 9 aromatic carbocycles. The third kappa shape index (κ3) is 4.52. The summed E-state index contributed by atoms with van der Waals surface area (Å²) >= 11 is 1.86. The van der Waals surface area contributed by atoms with Crippen molar-refractivity contribution in [3.8, 4) is 33.6 Å². The fraction of sp³-hybridized carbons (Fsp3) is 0.0526. The first-order chi connectivity index (χ1) is 30.0. The topological polar surface area (TPSA) is 23.0 Å². The molecule has 0 amide bonds. The molecule has 0 unspecified atom stereocenters. The summed E-state index contributed by atoms with van der Waals surface area (Å²) in [4.78, 5) is 0. The zero-order chi connectivity index (χ0) is 40.1. The van der Waals surface area contributed by atoms with Crippen molar-refractivity contribution < 1.29 is 4.42 Å². The molecule has 0 N–H and O–H groups in total. The van der Waals surface area contributed by atoms with Gasteiger partial charge < -0.3 is 13.6 Å². The predicted octanol–water partition coefficient (Wildman–Crippen LogP) is 16.1. The highest BCUT2D eigenvalue weighted by Crippen LogP contribution is 2.51. The first-order valence-electron chi connectivity index (χ1n) is 21.1. The molecule has 1 aliphatic carbocycles. The molecule has 286 valence electrons. The first kappa shape index (κ1) is 33.4. The molecule has 0 aliphatic heterocycles. The van der Waals surface area contributed by atoms with Crippen LogP contribution in [0.5, 0.6) is 0 Å². The van der Waals surface area contributed by atoms with Gasteiger partial charge in [-0.05, 0) is 118 Å². The second-order valence-corrected chi connectivity index (χ2v) is 18.4. The Morgan fingerprint density at radius 1 is 0.377 bits per heavy atom. The number of hydrogen-bond donors (Lipinski definition) is 0. The molecule has 0 bridgehead atoms. The maximum Gasteiger partial charge on any atom is 0.137 e. The van der Waals surface area contributed by atoms with Gasteiger partial charge in [0.05, 0.1) is 22.1 Å². The zero-order valence-electron chi connectivity index (χ0n) is 33.5. The van der Waals surface area contributed by atoms with Gasteiger partial charge in [0.15, 0.2) is 0 Å². The molecule has 0 radical (unpaired) electrons. The van der Waals surface area contributed by atoms with Gasteiger partial charge in [-0.3, -0.25) is 0 Å². The third-order valence-electron chi connectivity index (χ3n) is 13.7. The van der Waals surface area contributed by atoms with Gasteiger partial charge in [0.1, 0.15) is 11.2 Å². The van der Waals surface area contributed by atoms with Gasteiger partial charge >= 0.3 is 0 Å². The lowest BCUT2D eigenvalue weighted by Crippen LogP contribution is -2.14. The van der Waals surface area contributed by atoms with Crippen molar-refractivity contribution in [2.24, 2.45) is 0 Å². The van der Waals surface area contributed by atoms with E-state index in [-0.39, 0.29) is 5.41 Å². The summed E-state index contributed by atoms with van der Waals surface area (Å²) in [5, 5.41) is 9.83. The van der Waals surface area contributed by atoms with E-state index in [1.54, 1.807) is 0 Å². The average molecular weight is 797 g/mol. The second kappa shape index (κ2) is 11.9. The normalized spacial score (nSPS) is 13.5. The number of thiophene rings is 1. The average Bonchev–Trinajstić information content (AvgIpc) is 4.08. The van der Waals surface area contributed by atoms with E-state index < -0.39 is 0 Å². The molecule has 4 heterocycles. The first-order valence-corrected chi connectivity index (χ1v) is 21.9. The maximum absolute atomic E-state index is 6.51. The minimum atomic E-state index is -0.0879. The number of nitrogens with zero attached hydrogens (tertiary/aromatic N) is 2. The van der Waals surface area contributed by atoms with Gasteiger partial charge in [-0.2, -0.15) is 0 Å². The van der Waals surface area contributed by atoms with Crippen molar-refractivity contribution in [1.82, 2.24) is 9.13 Å². The summed E-state index contributed by atoms with van der Waals surface area (Å²) < 4.78 is 14.0. The quantitative estimate of drug-likeness (QED) is 0.175. The zero-order valence-corrected chi connectivity index (χ0v) is 34.3. The molecular formula is C57H36N2OS. The van der Waals surface area contributed by atoms with Crippen molar-refractivity contribution in [2.75, 3.05) is 0 Å². The molecular weight excluding hydrogens is 761 g/mol.